The van der Waals surface area contributed by atoms with Crippen LogP contribution < -0.4 is 25.0 Å². The zero-order valence-corrected chi connectivity index (χ0v) is 25.3. The summed E-state index contributed by atoms with van der Waals surface area (Å²) < 4.78 is 27.5. The van der Waals surface area contributed by atoms with Gasteiger partial charge in [-0.15, -0.1) is 0 Å². The van der Waals surface area contributed by atoms with E-state index in [1.807, 2.05) is 55.1 Å². The molecule has 0 unspecified atom stereocenters. The summed E-state index contributed by atoms with van der Waals surface area (Å²) in [7, 11) is 2.07. The van der Waals surface area contributed by atoms with Crippen molar-refractivity contribution in [2.45, 2.75) is 26.7 Å². The van der Waals surface area contributed by atoms with E-state index in [-0.39, 0.29) is 23.2 Å². The van der Waals surface area contributed by atoms with Gasteiger partial charge in [0.1, 0.15) is 11.4 Å². The highest BCUT2D eigenvalue weighted by molar-refractivity contribution is 6.06. The van der Waals surface area contributed by atoms with E-state index in [9.17, 15) is 4.79 Å². The van der Waals surface area contributed by atoms with Crippen LogP contribution in [-0.2, 0) is 0 Å². The van der Waals surface area contributed by atoms with Crippen molar-refractivity contribution in [3.63, 3.8) is 0 Å². The lowest BCUT2D eigenvalue weighted by Gasteiger charge is -2.34. The molecule has 1 aliphatic carbocycles. The summed E-state index contributed by atoms with van der Waals surface area (Å²) >= 11 is 0. The Morgan fingerprint density at radius 1 is 0.977 bits per heavy atom. The minimum absolute atomic E-state index is 0.0447. The summed E-state index contributed by atoms with van der Waals surface area (Å²) in [5.41, 5.74) is 3.77. The van der Waals surface area contributed by atoms with Crippen molar-refractivity contribution in [2.24, 2.45) is 5.92 Å². The molecule has 2 aliphatic rings. The van der Waals surface area contributed by atoms with Gasteiger partial charge in [-0.25, -0.2) is 9.37 Å². The number of ether oxygens (including phenoxy) is 2. The normalized spacial score (nSPS) is 15.1. The third-order valence-corrected chi connectivity index (χ3v) is 7.99. The van der Waals surface area contributed by atoms with Crippen molar-refractivity contribution in [2.75, 3.05) is 55.4 Å². The van der Waals surface area contributed by atoms with E-state index >= 15 is 4.39 Å². The van der Waals surface area contributed by atoms with Crippen LogP contribution in [0, 0.1) is 25.6 Å². The van der Waals surface area contributed by atoms with Crippen LogP contribution in [0.4, 0.5) is 27.4 Å². The Morgan fingerprint density at radius 2 is 1.70 bits per heavy atom. The minimum atomic E-state index is -0.414. The molecule has 2 fully saturated rings. The third-order valence-electron chi connectivity index (χ3n) is 7.99. The number of para-hydroxylation sites is 3. The SMILES string of the molecule is Cc1cccc(C)c1NC(=O)c1cnc(Nc2ccc(N3CCN(C)CC3)c(F)c2)nc1Oc1ccccc1OCC1CC1. The number of aromatic nitrogens is 2. The van der Waals surface area contributed by atoms with Crippen LogP contribution in [-0.4, -0.2) is 60.6 Å². The first kappa shape index (κ1) is 29.4. The summed E-state index contributed by atoms with van der Waals surface area (Å²) in [6.45, 7) is 7.77. The summed E-state index contributed by atoms with van der Waals surface area (Å²) in [6.07, 6.45) is 3.73. The fourth-order valence-corrected chi connectivity index (χ4v) is 5.12. The number of aryl methyl sites for hydroxylation is 2. The van der Waals surface area contributed by atoms with Crippen molar-refractivity contribution >= 4 is 28.9 Å². The number of carbonyl (C=O) groups is 1. The Labute approximate surface area is 257 Å². The van der Waals surface area contributed by atoms with Gasteiger partial charge in [0, 0.05) is 43.8 Å². The molecule has 0 radical (unpaired) electrons. The lowest BCUT2D eigenvalue weighted by Crippen LogP contribution is -2.44. The van der Waals surface area contributed by atoms with Gasteiger partial charge >= 0.3 is 0 Å². The number of carbonyl (C=O) groups excluding carboxylic acids is 1. The molecule has 0 atom stereocenters. The van der Waals surface area contributed by atoms with E-state index in [2.05, 4.69) is 32.5 Å². The second-order valence-corrected chi connectivity index (χ2v) is 11.5. The molecule has 2 N–H and O–H groups in total. The molecule has 1 saturated carbocycles. The van der Waals surface area contributed by atoms with Gasteiger partial charge in [0.2, 0.25) is 11.8 Å². The van der Waals surface area contributed by atoms with Gasteiger partial charge in [0.15, 0.2) is 11.5 Å². The number of benzene rings is 3. The van der Waals surface area contributed by atoms with Crippen LogP contribution in [0.2, 0.25) is 0 Å². The Morgan fingerprint density at radius 3 is 2.41 bits per heavy atom. The molecule has 44 heavy (non-hydrogen) atoms. The number of piperazine rings is 1. The fraction of sp³-hybridized carbons (Fsp3) is 0.324. The van der Waals surface area contributed by atoms with Gasteiger partial charge in [0.05, 0.1) is 12.3 Å². The maximum atomic E-state index is 15.2. The molecule has 0 spiro atoms. The van der Waals surface area contributed by atoms with Gasteiger partial charge in [-0.2, -0.15) is 4.98 Å². The Balaban J connectivity index is 1.28. The van der Waals surface area contributed by atoms with E-state index in [1.165, 1.54) is 12.3 Å². The summed E-state index contributed by atoms with van der Waals surface area (Å²) in [5.74, 6) is 1.01. The van der Waals surface area contributed by atoms with Crippen molar-refractivity contribution in [1.82, 2.24) is 14.9 Å². The maximum absolute atomic E-state index is 15.2. The number of anilines is 4. The quantitative estimate of drug-likeness (QED) is 0.213. The third kappa shape index (κ3) is 6.92. The summed E-state index contributed by atoms with van der Waals surface area (Å²) in [4.78, 5) is 26.8. The van der Waals surface area contributed by atoms with E-state index in [0.29, 0.717) is 35.4 Å². The molecular weight excluding hydrogens is 559 g/mol. The second-order valence-electron chi connectivity index (χ2n) is 11.5. The van der Waals surface area contributed by atoms with Gasteiger partial charge in [-0.1, -0.05) is 30.3 Å². The first-order chi connectivity index (χ1) is 21.3. The van der Waals surface area contributed by atoms with Crippen molar-refractivity contribution in [1.29, 1.82) is 0 Å². The number of hydrogen-bond acceptors (Lipinski definition) is 8. The minimum Gasteiger partial charge on any atom is -0.489 e. The Kier molecular flexibility index (Phi) is 8.60. The molecule has 4 aromatic rings. The molecule has 1 aromatic heterocycles. The lowest BCUT2D eigenvalue weighted by atomic mass is 10.1. The number of nitrogens with one attached hydrogen (secondary N) is 2. The molecule has 1 saturated heterocycles. The van der Waals surface area contributed by atoms with E-state index in [4.69, 9.17) is 9.47 Å². The number of likely N-dealkylation sites (N-methyl/N-ethyl adjacent to an activating group) is 1. The van der Waals surface area contributed by atoms with Gasteiger partial charge < -0.3 is 29.9 Å². The monoisotopic (exact) mass is 596 g/mol. The van der Waals surface area contributed by atoms with Crippen molar-refractivity contribution in [3.8, 4) is 17.4 Å². The number of nitrogens with zero attached hydrogens (tertiary/aromatic N) is 4. The zero-order valence-electron chi connectivity index (χ0n) is 25.3. The first-order valence-corrected chi connectivity index (χ1v) is 15.0. The predicted molar refractivity (Wildman–Crippen MR) is 170 cm³/mol. The molecule has 2 heterocycles. The molecule has 0 bridgehead atoms. The van der Waals surface area contributed by atoms with Crippen LogP contribution >= 0.6 is 0 Å². The van der Waals surface area contributed by atoms with Crippen LogP contribution in [0.3, 0.4) is 0 Å². The Bertz CT molecular complexity index is 1630. The van der Waals surface area contributed by atoms with Crippen LogP contribution in [0.5, 0.6) is 17.4 Å². The van der Waals surface area contributed by atoms with E-state index in [1.54, 1.807) is 18.2 Å². The van der Waals surface area contributed by atoms with Crippen LogP contribution in [0.25, 0.3) is 0 Å². The Hall–Kier alpha value is -4.70. The van der Waals surface area contributed by atoms with Crippen molar-refractivity contribution in [3.05, 3.63) is 89.4 Å². The highest BCUT2D eigenvalue weighted by Crippen LogP contribution is 2.36. The van der Waals surface area contributed by atoms with Crippen LogP contribution in [0.15, 0.2) is 66.9 Å². The zero-order chi connectivity index (χ0) is 30.6. The van der Waals surface area contributed by atoms with E-state index < -0.39 is 5.91 Å². The van der Waals surface area contributed by atoms with E-state index in [0.717, 1.165) is 55.8 Å². The highest BCUT2D eigenvalue weighted by Gasteiger charge is 2.24. The number of halogens is 1. The average molecular weight is 597 g/mol. The molecule has 6 rings (SSSR count). The molecule has 1 aliphatic heterocycles. The largest absolute Gasteiger partial charge is 0.489 e. The number of amides is 1. The first-order valence-electron chi connectivity index (χ1n) is 15.0. The molecule has 3 aromatic carbocycles. The molecule has 10 heteroatoms. The standard InChI is InChI=1S/C34H37FN6O3/c1-22-7-6-8-23(2)31(22)38-32(42)26-20-36-34(37-25-13-14-28(27(35)19-25)41-17-15-40(3)16-18-41)39-33(26)44-30-10-5-4-9-29(30)43-21-24-11-12-24/h4-10,13-14,19-20,24H,11-12,15-18,21H2,1-3H3,(H,38,42)(H,36,37,39). The topological polar surface area (TPSA) is 91.9 Å². The lowest BCUT2D eigenvalue weighted by molar-refractivity contribution is 0.102. The predicted octanol–water partition coefficient (Wildman–Crippen LogP) is 6.56. The fourth-order valence-electron chi connectivity index (χ4n) is 5.12. The molecule has 1 amide bonds. The van der Waals surface area contributed by atoms with Crippen LogP contribution in [0.1, 0.15) is 34.3 Å². The number of hydrogen-bond donors (Lipinski definition) is 2. The molecule has 228 valence electrons. The second kappa shape index (κ2) is 12.9. The maximum Gasteiger partial charge on any atom is 0.262 e. The smallest absolute Gasteiger partial charge is 0.262 e. The average Bonchev–Trinajstić information content (AvgIpc) is 3.84. The number of rotatable bonds is 10. The molecular formula is C34H37FN6O3. The van der Waals surface area contributed by atoms with Gasteiger partial charge in [-0.05, 0) is 81.1 Å². The highest BCUT2D eigenvalue weighted by atomic mass is 19.1. The molecule has 9 nitrogen and oxygen atoms in total. The summed E-state index contributed by atoms with van der Waals surface area (Å²) in [5, 5.41) is 6.07. The summed E-state index contributed by atoms with van der Waals surface area (Å²) in [6, 6.07) is 18.1. The van der Waals surface area contributed by atoms with Gasteiger partial charge in [0.25, 0.3) is 5.91 Å². The van der Waals surface area contributed by atoms with Gasteiger partial charge in [-0.3, -0.25) is 4.79 Å². The van der Waals surface area contributed by atoms with Crippen molar-refractivity contribution < 1.29 is 18.7 Å².